The maximum atomic E-state index is 13.1. The van der Waals surface area contributed by atoms with E-state index in [9.17, 15) is 29.1 Å². The number of esters is 2. The lowest BCUT2D eigenvalue weighted by Crippen LogP contribution is -2.53. The zero-order valence-electron chi connectivity index (χ0n) is 22.8. The first-order valence-corrected chi connectivity index (χ1v) is 13.2. The number of rotatable bonds is 12. The molecular formula is C31H30N2O9. The van der Waals surface area contributed by atoms with E-state index in [0.717, 1.165) is 29.4 Å². The van der Waals surface area contributed by atoms with Gasteiger partial charge in [-0.15, -0.1) is 0 Å². The van der Waals surface area contributed by atoms with Crippen LogP contribution < -0.4 is 10.6 Å². The number of carboxylic acids is 1. The Bertz CT molecular complexity index is 1410. The Hall–Kier alpha value is -5.19. The van der Waals surface area contributed by atoms with Crippen molar-refractivity contribution in [3.8, 4) is 11.1 Å². The molecular weight excluding hydrogens is 544 g/mol. The molecule has 11 nitrogen and oxygen atoms in total. The predicted octanol–water partition coefficient (Wildman–Crippen LogP) is 3.16. The maximum Gasteiger partial charge on any atom is 0.407 e. The molecule has 42 heavy (non-hydrogen) atoms. The quantitative estimate of drug-likeness (QED) is 0.218. The van der Waals surface area contributed by atoms with Crippen LogP contribution in [-0.2, 0) is 40.0 Å². The summed E-state index contributed by atoms with van der Waals surface area (Å²) >= 11 is 0. The summed E-state index contributed by atoms with van der Waals surface area (Å²) in [7, 11) is 1.08. The fraction of sp³-hybridized carbons (Fsp3) is 0.258. The van der Waals surface area contributed by atoms with E-state index in [1.54, 1.807) is 30.3 Å². The van der Waals surface area contributed by atoms with Gasteiger partial charge >= 0.3 is 24.0 Å². The molecule has 4 rings (SSSR count). The molecule has 0 fully saturated rings. The van der Waals surface area contributed by atoms with Gasteiger partial charge in [0.05, 0.1) is 20.0 Å². The lowest BCUT2D eigenvalue weighted by Gasteiger charge is -2.21. The van der Waals surface area contributed by atoms with Crippen LogP contribution in [0.2, 0.25) is 0 Å². The zero-order valence-corrected chi connectivity index (χ0v) is 22.8. The predicted molar refractivity (Wildman–Crippen MR) is 149 cm³/mol. The van der Waals surface area contributed by atoms with Gasteiger partial charge in [-0.3, -0.25) is 14.4 Å². The van der Waals surface area contributed by atoms with E-state index in [-0.39, 0.29) is 19.1 Å². The number of methoxy groups -OCH3 is 1. The topological polar surface area (TPSA) is 157 Å². The van der Waals surface area contributed by atoms with Gasteiger partial charge in [-0.05, 0) is 27.8 Å². The molecule has 0 unspecified atom stereocenters. The highest BCUT2D eigenvalue weighted by atomic mass is 16.6. The van der Waals surface area contributed by atoms with E-state index in [4.69, 9.17) is 9.47 Å². The fourth-order valence-corrected chi connectivity index (χ4v) is 4.68. The lowest BCUT2D eigenvalue weighted by atomic mass is 9.98. The van der Waals surface area contributed by atoms with Gasteiger partial charge < -0.3 is 30.0 Å². The molecule has 1 aliphatic rings. The molecule has 11 heteroatoms. The highest BCUT2D eigenvalue weighted by Crippen LogP contribution is 2.44. The molecule has 3 aromatic rings. The van der Waals surface area contributed by atoms with Gasteiger partial charge in [-0.2, -0.15) is 0 Å². The van der Waals surface area contributed by atoms with Crippen LogP contribution in [0, 0.1) is 0 Å². The van der Waals surface area contributed by atoms with Crippen molar-refractivity contribution >= 4 is 29.9 Å². The van der Waals surface area contributed by atoms with Gasteiger partial charge in [0.15, 0.2) is 0 Å². The van der Waals surface area contributed by atoms with Crippen molar-refractivity contribution in [3.05, 3.63) is 95.6 Å². The highest BCUT2D eigenvalue weighted by Gasteiger charge is 2.32. The summed E-state index contributed by atoms with van der Waals surface area (Å²) in [6.07, 6.45) is -2.27. The third-order valence-corrected chi connectivity index (χ3v) is 6.78. The third kappa shape index (κ3) is 7.51. The number of nitrogens with one attached hydrogen (secondary N) is 2. The van der Waals surface area contributed by atoms with Crippen LogP contribution in [0.5, 0.6) is 0 Å². The van der Waals surface area contributed by atoms with Crippen LogP contribution in [0.25, 0.3) is 11.1 Å². The van der Waals surface area contributed by atoms with Crippen molar-refractivity contribution in [2.45, 2.75) is 37.5 Å². The van der Waals surface area contributed by atoms with Crippen LogP contribution in [0.15, 0.2) is 78.9 Å². The second-order valence-corrected chi connectivity index (χ2v) is 9.55. The number of aliphatic carboxylic acids is 1. The smallest absolute Gasteiger partial charge is 0.407 e. The van der Waals surface area contributed by atoms with Crippen molar-refractivity contribution in [1.82, 2.24) is 10.6 Å². The number of hydrogen-bond donors (Lipinski definition) is 3. The van der Waals surface area contributed by atoms with E-state index in [1.807, 2.05) is 48.5 Å². The number of hydrogen-bond acceptors (Lipinski definition) is 8. The molecule has 0 saturated heterocycles. The average molecular weight is 575 g/mol. The number of alkyl carbamates (subject to hydrolysis) is 1. The van der Waals surface area contributed by atoms with Crippen LogP contribution >= 0.6 is 0 Å². The fourth-order valence-electron chi connectivity index (χ4n) is 4.68. The molecule has 2 atom stereocenters. The minimum Gasteiger partial charge on any atom is -0.480 e. The summed E-state index contributed by atoms with van der Waals surface area (Å²) in [5, 5.41) is 14.0. The summed E-state index contributed by atoms with van der Waals surface area (Å²) in [5.41, 5.74) is 4.74. The van der Waals surface area contributed by atoms with Crippen LogP contribution in [0.3, 0.4) is 0 Å². The second-order valence-electron chi connectivity index (χ2n) is 9.55. The average Bonchev–Trinajstić information content (AvgIpc) is 3.32. The molecule has 218 valence electrons. The molecule has 0 aliphatic heterocycles. The standard InChI is InChI=1S/C31H30N2O9/c1-40-27(34)16-26(30(37)38)32-29(36)25(15-28(35)41-17-19-9-3-2-4-10-19)33-31(39)42-18-24-22-13-7-5-11-20(22)21-12-6-8-14-23(21)24/h2-14,24-26H,15-18H2,1H3,(H,32,36)(H,33,39)(H,37,38)/t25-,26-/m0/s1. The normalized spacial score (nSPS) is 13.1. The molecule has 0 spiro atoms. The number of carboxylic acid groups (broad SMARTS) is 1. The Kier molecular flexibility index (Phi) is 9.88. The Morgan fingerprint density at radius 2 is 1.31 bits per heavy atom. The van der Waals surface area contributed by atoms with E-state index in [1.165, 1.54) is 0 Å². The lowest BCUT2D eigenvalue weighted by molar-refractivity contribution is -0.150. The van der Waals surface area contributed by atoms with Gasteiger partial charge in [-0.1, -0.05) is 78.9 Å². The SMILES string of the molecule is COC(=O)C[C@H](NC(=O)[C@H](CC(=O)OCc1ccccc1)NC(=O)OCC1c2ccccc2-c2ccccc21)C(=O)O. The third-order valence-electron chi connectivity index (χ3n) is 6.78. The van der Waals surface area contributed by atoms with Gasteiger partial charge in [0.25, 0.3) is 0 Å². The van der Waals surface area contributed by atoms with Crippen LogP contribution in [0.4, 0.5) is 4.79 Å². The molecule has 0 aromatic heterocycles. The molecule has 3 aromatic carbocycles. The molecule has 0 bridgehead atoms. The summed E-state index contributed by atoms with van der Waals surface area (Å²) in [6.45, 7) is -0.119. The summed E-state index contributed by atoms with van der Waals surface area (Å²) in [6, 6.07) is 21.2. The monoisotopic (exact) mass is 574 g/mol. The van der Waals surface area contributed by atoms with Crippen molar-refractivity contribution < 1.29 is 43.3 Å². The second kappa shape index (κ2) is 13.9. The van der Waals surface area contributed by atoms with Crippen molar-refractivity contribution in [3.63, 3.8) is 0 Å². The number of carbonyl (C=O) groups excluding carboxylic acids is 4. The molecule has 0 saturated carbocycles. The number of fused-ring (bicyclic) bond motifs is 3. The zero-order chi connectivity index (χ0) is 30.1. The number of ether oxygens (including phenoxy) is 3. The maximum absolute atomic E-state index is 13.1. The van der Waals surface area contributed by atoms with E-state index >= 15 is 0 Å². The minimum absolute atomic E-state index is 0.0489. The molecule has 2 amide bonds. The molecule has 3 N–H and O–H groups in total. The van der Waals surface area contributed by atoms with Crippen LogP contribution in [-0.4, -0.2) is 60.8 Å². The van der Waals surface area contributed by atoms with Crippen molar-refractivity contribution in [2.75, 3.05) is 13.7 Å². The highest BCUT2D eigenvalue weighted by molar-refractivity contribution is 5.93. The van der Waals surface area contributed by atoms with E-state index < -0.39 is 54.8 Å². The van der Waals surface area contributed by atoms with E-state index in [2.05, 4.69) is 15.4 Å². The largest absolute Gasteiger partial charge is 0.480 e. The Balaban J connectivity index is 1.44. The number of benzene rings is 3. The van der Waals surface area contributed by atoms with Crippen molar-refractivity contribution in [1.29, 1.82) is 0 Å². The Morgan fingerprint density at radius 1 is 0.738 bits per heavy atom. The van der Waals surface area contributed by atoms with Gasteiger partial charge in [0.1, 0.15) is 25.3 Å². The minimum atomic E-state index is -1.66. The summed E-state index contributed by atoms with van der Waals surface area (Å²) in [5.74, 6) is -4.46. The first-order chi connectivity index (χ1) is 20.3. The first-order valence-electron chi connectivity index (χ1n) is 13.2. The van der Waals surface area contributed by atoms with Crippen LogP contribution in [0.1, 0.15) is 35.4 Å². The van der Waals surface area contributed by atoms with Gasteiger partial charge in [0, 0.05) is 5.92 Å². The van der Waals surface area contributed by atoms with Gasteiger partial charge in [-0.25, -0.2) is 9.59 Å². The van der Waals surface area contributed by atoms with Crippen molar-refractivity contribution in [2.24, 2.45) is 0 Å². The number of amides is 2. The molecule has 0 radical (unpaired) electrons. The molecule has 0 heterocycles. The van der Waals surface area contributed by atoms with E-state index in [0.29, 0.717) is 5.56 Å². The summed E-state index contributed by atoms with van der Waals surface area (Å²) in [4.78, 5) is 61.8. The Labute approximate surface area is 241 Å². The Morgan fingerprint density at radius 3 is 1.90 bits per heavy atom. The molecule has 1 aliphatic carbocycles. The summed E-state index contributed by atoms with van der Waals surface area (Å²) < 4.78 is 15.2. The van der Waals surface area contributed by atoms with Gasteiger partial charge in [0.2, 0.25) is 5.91 Å². The number of carbonyl (C=O) groups is 5. The first kappa shape index (κ1) is 29.8.